The van der Waals surface area contributed by atoms with E-state index in [4.69, 9.17) is 5.73 Å². The van der Waals surface area contributed by atoms with E-state index in [1.807, 2.05) is 60.5 Å². The van der Waals surface area contributed by atoms with E-state index in [2.05, 4.69) is 74.7 Å². The van der Waals surface area contributed by atoms with Gasteiger partial charge in [0.2, 0.25) is 5.91 Å². The van der Waals surface area contributed by atoms with Crippen molar-refractivity contribution in [2.75, 3.05) is 33.2 Å². The van der Waals surface area contributed by atoms with Crippen LogP contribution >= 0.6 is 15.9 Å². The number of fused-ring (bicyclic) bond motifs is 1. The first-order chi connectivity index (χ1) is 20.4. The molecule has 0 saturated carbocycles. The van der Waals surface area contributed by atoms with Crippen molar-refractivity contribution < 1.29 is 9.59 Å². The van der Waals surface area contributed by atoms with E-state index < -0.39 is 0 Å². The summed E-state index contributed by atoms with van der Waals surface area (Å²) < 4.78 is 1.01. The highest BCUT2D eigenvalue weighted by molar-refractivity contribution is 9.10. The second-order valence-corrected chi connectivity index (χ2v) is 12.0. The average Bonchev–Trinajstić information content (AvgIpc) is 3.13. The van der Waals surface area contributed by atoms with Gasteiger partial charge in [-0.05, 0) is 79.0 Å². The van der Waals surface area contributed by atoms with Gasteiger partial charge in [-0.15, -0.1) is 0 Å². The van der Waals surface area contributed by atoms with Crippen LogP contribution in [0.1, 0.15) is 46.7 Å². The van der Waals surface area contributed by atoms with Crippen molar-refractivity contribution in [3.05, 3.63) is 118 Å². The predicted octanol–water partition coefficient (Wildman–Crippen LogP) is 5.80. The monoisotopic (exact) mass is 626 g/mol. The Kier molecular flexibility index (Phi) is 10.1. The molecule has 0 spiro atoms. The highest BCUT2D eigenvalue weighted by atomic mass is 79.9. The molecule has 2 unspecified atom stereocenters. The molecule has 5 rings (SSSR count). The lowest BCUT2D eigenvalue weighted by molar-refractivity contribution is -0.135. The lowest BCUT2D eigenvalue weighted by Gasteiger charge is -2.33. The summed E-state index contributed by atoms with van der Waals surface area (Å²) in [5.41, 5.74) is 8.90. The number of benzene rings is 4. The summed E-state index contributed by atoms with van der Waals surface area (Å²) in [6, 6.07) is 32.4. The zero-order valence-corrected chi connectivity index (χ0v) is 25.7. The molecule has 1 saturated heterocycles. The van der Waals surface area contributed by atoms with Crippen LogP contribution in [0.4, 0.5) is 0 Å². The number of amides is 2. The molecular formula is C35H39BrN4O2. The van der Waals surface area contributed by atoms with Gasteiger partial charge in [0.25, 0.3) is 5.91 Å². The lowest BCUT2D eigenvalue weighted by atomic mass is 9.90. The molecule has 0 bridgehead atoms. The maximum absolute atomic E-state index is 14.1. The molecule has 2 atom stereocenters. The minimum Gasteiger partial charge on any atom is -0.350 e. The number of nitrogens with zero attached hydrogens (tertiary/aromatic N) is 2. The van der Waals surface area contributed by atoms with Crippen LogP contribution in [0.15, 0.2) is 102 Å². The Balaban J connectivity index is 1.33. The smallest absolute Gasteiger partial charge is 0.251 e. The van der Waals surface area contributed by atoms with Crippen molar-refractivity contribution in [3.63, 3.8) is 0 Å². The van der Waals surface area contributed by atoms with Crippen molar-refractivity contribution >= 4 is 38.5 Å². The van der Waals surface area contributed by atoms with Crippen molar-refractivity contribution in [3.8, 4) is 0 Å². The Labute approximate surface area is 257 Å². The molecule has 4 aromatic carbocycles. The van der Waals surface area contributed by atoms with E-state index in [1.54, 1.807) is 0 Å². The minimum atomic E-state index is -0.288. The van der Waals surface area contributed by atoms with Crippen molar-refractivity contribution in [1.29, 1.82) is 0 Å². The fourth-order valence-electron chi connectivity index (χ4n) is 5.99. The summed E-state index contributed by atoms with van der Waals surface area (Å²) in [5.74, 6) is 0.103. The summed E-state index contributed by atoms with van der Waals surface area (Å²) in [4.78, 5) is 31.5. The number of halogens is 1. The molecule has 1 aliphatic rings. The predicted molar refractivity (Wildman–Crippen MR) is 174 cm³/mol. The largest absolute Gasteiger partial charge is 0.350 e. The third-order valence-electron chi connectivity index (χ3n) is 8.45. The topological polar surface area (TPSA) is 78.7 Å². The van der Waals surface area contributed by atoms with Crippen LogP contribution in [-0.4, -0.2) is 66.9 Å². The number of carbonyl (C=O) groups is 2. The molecule has 218 valence electrons. The number of rotatable bonds is 10. The molecule has 0 aromatic heterocycles. The maximum atomic E-state index is 14.1. The lowest BCUT2D eigenvalue weighted by Crippen LogP contribution is -2.50. The molecule has 4 aromatic rings. The van der Waals surface area contributed by atoms with Gasteiger partial charge in [-0.2, -0.15) is 0 Å². The van der Waals surface area contributed by atoms with Crippen LogP contribution in [0.3, 0.4) is 0 Å². The Morgan fingerprint density at radius 2 is 1.60 bits per heavy atom. The molecule has 3 N–H and O–H groups in total. The molecule has 6 nitrogen and oxygen atoms in total. The van der Waals surface area contributed by atoms with E-state index in [0.29, 0.717) is 38.2 Å². The molecular weight excluding hydrogens is 588 g/mol. The number of nitrogens with two attached hydrogens (primary N) is 1. The quantitative estimate of drug-likeness (QED) is 0.233. The number of hydrogen-bond donors (Lipinski definition) is 2. The fraction of sp³-hybridized carbons (Fsp3) is 0.314. The van der Waals surface area contributed by atoms with Gasteiger partial charge in [0.1, 0.15) is 0 Å². The summed E-state index contributed by atoms with van der Waals surface area (Å²) in [6.07, 6.45) is 2.22. The Morgan fingerprint density at radius 1 is 0.952 bits per heavy atom. The molecule has 0 aliphatic carbocycles. The molecule has 0 radical (unpaired) electrons. The number of hydrogen-bond acceptors (Lipinski definition) is 4. The van der Waals surface area contributed by atoms with Crippen LogP contribution in [0.2, 0.25) is 0 Å². The molecule has 7 heteroatoms. The van der Waals surface area contributed by atoms with Gasteiger partial charge >= 0.3 is 0 Å². The van der Waals surface area contributed by atoms with Gasteiger partial charge < -0.3 is 16.0 Å². The van der Waals surface area contributed by atoms with Crippen LogP contribution in [0, 0.1) is 0 Å². The minimum absolute atomic E-state index is 0.0222. The zero-order chi connectivity index (χ0) is 29.5. The second kappa shape index (κ2) is 14.1. The van der Waals surface area contributed by atoms with Crippen molar-refractivity contribution in [2.45, 2.75) is 37.3 Å². The highest BCUT2D eigenvalue weighted by Crippen LogP contribution is 2.28. The van der Waals surface area contributed by atoms with Crippen LogP contribution in [0.5, 0.6) is 0 Å². The third-order valence-corrected chi connectivity index (χ3v) is 8.94. The van der Waals surface area contributed by atoms with E-state index >= 15 is 0 Å². The van der Waals surface area contributed by atoms with E-state index in [9.17, 15) is 9.59 Å². The first-order valence-electron chi connectivity index (χ1n) is 14.7. The average molecular weight is 628 g/mol. The van der Waals surface area contributed by atoms with Crippen LogP contribution in [0.25, 0.3) is 10.8 Å². The highest BCUT2D eigenvalue weighted by Gasteiger charge is 2.36. The van der Waals surface area contributed by atoms with Crippen LogP contribution in [-0.2, 0) is 4.79 Å². The SMILES string of the molecule is CN1C(CNC(=O)c2ccc3cc(Br)ccc3c2)CCN(CC(c2ccccc2)c2ccccc2)C(=O)C1CCCN. The fourth-order valence-corrected chi connectivity index (χ4v) is 6.37. The molecule has 42 heavy (non-hydrogen) atoms. The van der Waals surface area contributed by atoms with Gasteiger partial charge in [0.15, 0.2) is 0 Å². The Morgan fingerprint density at radius 3 is 2.26 bits per heavy atom. The normalized spacial score (nSPS) is 17.9. The number of carbonyl (C=O) groups excluding carboxylic acids is 2. The second-order valence-electron chi connectivity index (χ2n) is 11.1. The van der Waals surface area contributed by atoms with Gasteiger partial charge in [0, 0.05) is 41.6 Å². The van der Waals surface area contributed by atoms with E-state index in [1.165, 1.54) is 11.1 Å². The standard InChI is InChI=1S/C35H39BrN4O2/c1-39-31(23-38-34(41)29-15-14-28-22-30(36)17-16-27(28)21-29)18-20-40(35(42)33(39)13-8-19-37)24-32(25-9-4-2-5-10-25)26-11-6-3-7-12-26/h2-7,9-12,14-17,21-22,31-33H,8,13,18-20,23-24,37H2,1H3,(H,38,41). The van der Waals surface area contributed by atoms with Crippen molar-refractivity contribution in [1.82, 2.24) is 15.1 Å². The van der Waals surface area contributed by atoms with Gasteiger partial charge in [0.05, 0.1) is 6.04 Å². The van der Waals surface area contributed by atoms with Gasteiger partial charge in [-0.3, -0.25) is 14.5 Å². The molecule has 1 heterocycles. The summed E-state index contributed by atoms with van der Waals surface area (Å²) in [5, 5.41) is 5.26. The maximum Gasteiger partial charge on any atom is 0.251 e. The summed E-state index contributed by atoms with van der Waals surface area (Å²) in [7, 11) is 2.01. The summed E-state index contributed by atoms with van der Waals surface area (Å²) in [6.45, 7) is 2.24. The number of nitrogens with one attached hydrogen (secondary N) is 1. The van der Waals surface area contributed by atoms with Gasteiger partial charge in [-0.1, -0.05) is 88.7 Å². The van der Waals surface area contributed by atoms with E-state index in [-0.39, 0.29) is 29.8 Å². The summed E-state index contributed by atoms with van der Waals surface area (Å²) >= 11 is 3.51. The molecule has 1 aliphatic heterocycles. The first kappa shape index (κ1) is 30.0. The first-order valence-corrected chi connectivity index (χ1v) is 15.5. The molecule has 1 fully saturated rings. The zero-order valence-electron chi connectivity index (χ0n) is 24.1. The van der Waals surface area contributed by atoms with Crippen molar-refractivity contribution in [2.24, 2.45) is 5.73 Å². The third kappa shape index (κ3) is 7.09. The Bertz CT molecular complexity index is 1460. The van der Waals surface area contributed by atoms with Crippen LogP contribution < -0.4 is 11.1 Å². The molecule has 2 amide bonds. The van der Waals surface area contributed by atoms with Gasteiger partial charge in [-0.25, -0.2) is 0 Å². The van der Waals surface area contributed by atoms with E-state index in [0.717, 1.165) is 28.1 Å². The number of likely N-dealkylation sites (N-methyl/N-ethyl adjacent to an activating group) is 1. The Hall–Kier alpha value is -3.52.